The summed E-state index contributed by atoms with van der Waals surface area (Å²) in [5, 5.41) is 19.4. The summed E-state index contributed by atoms with van der Waals surface area (Å²) in [4.78, 5) is 20.8. The summed E-state index contributed by atoms with van der Waals surface area (Å²) in [6.45, 7) is 0. The Morgan fingerprint density at radius 3 is 2.61 bits per heavy atom. The number of nitro groups is 1. The van der Waals surface area contributed by atoms with Crippen LogP contribution in [0, 0.1) is 10.1 Å². The number of nitrogens with zero attached hydrogens (tertiary/aromatic N) is 1. The van der Waals surface area contributed by atoms with Crippen LogP contribution >= 0.6 is 0 Å². The minimum atomic E-state index is -1.20. The molecule has 18 heavy (non-hydrogen) atoms. The Hall–Kier alpha value is -2.83. The number of carboxylic acid groups (broad SMARTS) is 1. The predicted octanol–water partition coefficient (Wildman–Crippen LogP) is 2.14. The van der Waals surface area contributed by atoms with Crippen LogP contribution < -0.4 is 5.73 Å². The lowest BCUT2D eigenvalue weighted by Crippen LogP contribution is -1.95. The van der Waals surface area contributed by atoms with Gasteiger partial charge in [0.25, 0.3) is 5.69 Å². The lowest BCUT2D eigenvalue weighted by molar-refractivity contribution is -0.383. The molecule has 0 atom stereocenters. The van der Waals surface area contributed by atoms with Crippen LogP contribution in [0.5, 0.6) is 0 Å². The highest BCUT2D eigenvalue weighted by Gasteiger charge is 2.15. The number of nitrogens with two attached hydrogens (primary N) is 1. The zero-order valence-corrected chi connectivity index (χ0v) is 8.99. The number of hydrogen-bond acceptors (Lipinski definition) is 5. The lowest BCUT2D eigenvalue weighted by Gasteiger charge is -2.00. The first-order valence-electron chi connectivity index (χ1n) is 4.86. The van der Waals surface area contributed by atoms with Gasteiger partial charge in [0.2, 0.25) is 5.76 Å². The minimum Gasteiger partial charge on any atom is -0.475 e. The molecule has 7 heteroatoms. The van der Waals surface area contributed by atoms with Crippen LogP contribution in [0.15, 0.2) is 34.7 Å². The summed E-state index contributed by atoms with van der Waals surface area (Å²) in [6.07, 6.45) is 0. The highest BCUT2D eigenvalue weighted by atomic mass is 16.6. The molecule has 7 nitrogen and oxygen atoms in total. The second-order valence-corrected chi connectivity index (χ2v) is 3.50. The molecule has 0 saturated carbocycles. The van der Waals surface area contributed by atoms with Gasteiger partial charge in [-0.1, -0.05) is 0 Å². The van der Waals surface area contributed by atoms with Crippen LogP contribution in [-0.4, -0.2) is 16.0 Å². The topological polar surface area (TPSA) is 120 Å². The van der Waals surface area contributed by atoms with Crippen LogP contribution in [0.25, 0.3) is 11.3 Å². The van der Waals surface area contributed by atoms with Crippen molar-refractivity contribution in [2.75, 3.05) is 5.73 Å². The van der Waals surface area contributed by atoms with Crippen molar-refractivity contribution in [2.45, 2.75) is 0 Å². The molecular weight excluding hydrogens is 240 g/mol. The lowest BCUT2D eigenvalue weighted by atomic mass is 10.1. The first-order valence-corrected chi connectivity index (χ1v) is 4.86. The van der Waals surface area contributed by atoms with Crippen LogP contribution in [0.3, 0.4) is 0 Å². The summed E-state index contributed by atoms with van der Waals surface area (Å²) in [5.74, 6) is -1.20. The van der Waals surface area contributed by atoms with Crippen molar-refractivity contribution in [3.05, 3.63) is 46.2 Å². The van der Waals surface area contributed by atoms with Crippen LogP contribution in [0.2, 0.25) is 0 Å². The summed E-state index contributed by atoms with van der Waals surface area (Å²) in [7, 11) is 0. The average Bonchev–Trinajstić information content (AvgIpc) is 2.78. The van der Waals surface area contributed by atoms with Gasteiger partial charge >= 0.3 is 5.97 Å². The molecule has 0 radical (unpaired) electrons. The summed E-state index contributed by atoms with van der Waals surface area (Å²) >= 11 is 0. The fourth-order valence-corrected chi connectivity index (χ4v) is 1.46. The molecule has 2 rings (SSSR count). The van der Waals surface area contributed by atoms with E-state index in [2.05, 4.69) is 0 Å². The third-order valence-corrected chi connectivity index (χ3v) is 2.33. The highest BCUT2D eigenvalue weighted by molar-refractivity contribution is 5.85. The van der Waals surface area contributed by atoms with Crippen molar-refractivity contribution < 1.29 is 19.2 Å². The Labute approximate surface area is 101 Å². The van der Waals surface area contributed by atoms with Gasteiger partial charge in [-0.15, -0.1) is 0 Å². The molecule has 2 aromatic rings. The summed E-state index contributed by atoms with van der Waals surface area (Å²) in [6, 6.07) is 6.83. The van der Waals surface area contributed by atoms with Gasteiger partial charge in [-0.25, -0.2) is 4.79 Å². The van der Waals surface area contributed by atoms with Crippen LogP contribution in [0.4, 0.5) is 11.4 Å². The van der Waals surface area contributed by atoms with Crippen molar-refractivity contribution in [1.82, 2.24) is 0 Å². The van der Waals surface area contributed by atoms with Crippen molar-refractivity contribution in [2.24, 2.45) is 0 Å². The molecule has 0 fully saturated rings. The maximum absolute atomic E-state index is 10.7. The van der Waals surface area contributed by atoms with Gasteiger partial charge in [-0.2, -0.15) is 0 Å². The number of rotatable bonds is 3. The maximum Gasteiger partial charge on any atom is 0.371 e. The zero-order chi connectivity index (χ0) is 13.3. The molecular formula is C11H8N2O5. The number of furan rings is 1. The van der Waals surface area contributed by atoms with E-state index in [1.54, 1.807) is 0 Å². The van der Waals surface area contributed by atoms with Gasteiger partial charge in [-0.3, -0.25) is 10.1 Å². The molecule has 0 amide bonds. The molecule has 1 heterocycles. The number of anilines is 1. The largest absolute Gasteiger partial charge is 0.475 e. The van der Waals surface area contributed by atoms with E-state index in [4.69, 9.17) is 15.3 Å². The molecule has 0 aliphatic heterocycles. The smallest absolute Gasteiger partial charge is 0.371 e. The van der Waals surface area contributed by atoms with Gasteiger partial charge in [0.05, 0.1) is 4.92 Å². The Morgan fingerprint density at radius 1 is 1.33 bits per heavy atom. The monoisotopic (exact) mass is 248 g/mol. The average molecular weight is 248 g/mol. The Kier molecular flexibility index (Phi) is 2.72. The van der Waals surface area contributed by atoms with Gasteiger partial charge in [-0.05, 0) is 24.3 Å². The molecule has 3 N–H and O–H groups in total. The van der Waals surface area contributed by atoms with E-state index in [0.717, 1.165) is 0 Å². The van der Waals surface area contributed by atoms with Gasteiger partial charge < -0.3 is 15.3 Å². The molecule has 0 aliphatic carbocycles. The van der Waals surface area contributed by atoms with E-state index < -0.39 is 10.9 Å². The maximum atomic E-state index is 10.7. The molecule has 0 spiro atoms. The van der Waals surface area contributed by atoms with Gasteiger partial charge in [0, 0.05) is 11.6 Å². The number of carboxylic acids is 1. The van der Waals surface area contributed by atoms with Gasteiger partial charge in [0.1, 0.15) is 11.4 Å². The normalized spacial score (nSPS) is 10.2. The second-order valence-electron chi connectivity index (χ2n) is 3.50. The number of aromatic carboxylic acids is 1. The van der Waals surface area contributed by atoms with Crippen molar-refractivity contribution >= 4 is 17.3 Å². The summed E-state index contributed by atoms with van der Waals surface area (Å²) in [5.41, 5.74) is 5.63. The van der Waals surface area contributed by atoms with E-state index in [1.165, 1.54) is 30.3 Å². The third kappa shape index (κ3) is 2.01. The molecule has 0 unspecified atom stereocenters. The van der Waals surface area contributed by atoms with Gasteiger partial charge in [0.15, 0.2) is 0 Å². The van der Waals surface area contributed by atoms with Crippen molar-refractivity contribution in [3.63, 3.8) is 0 Å². The van der Waals surface area contributed by atoms with E-state index in [9.17, 15) is 14.9 Å². The number of nitrogen functional groups attached to an aromatic ring is 1. The molecule has 0 aliphatic rings. The first kappa shape index (κ1) is 11.6. The molecule has 1 aromatic carbocycles. The molecule has 0 bridgehead atoms. The zero-order valence-electron chi connectivity index (χ0n) is 8.99. The number of benzene rings is 1. The minimum absolute atomic E-state index is 0.0359. The van der Waals surface area contributed by atoms with E-state index in [1.807, 2.05) is 0 Å². The van der Waals surface area contributed by atoms with E-state index >= 15 is 0 Å². The fourth-order valence-electron chi connectivity index (χ4n) is 1.46. The fraction of sp³-hybridized carbons (Fsp3) is 0. The summed E-state index contributed by atoms with van der Waals surface area (Å²) < 4.78 is 5.04. The second kappa shape index (κ2) is 4.21. The SMILES string of the molecule is Nc1ccc(-c2ccc(C(=O)O)o2)cc1[N+](=O)[O-]. The Morgan fingerprint density at radius 2 is 2.06 bits per heavy atom. The number of nitro benzene ring substituents is 1. The van der Waals surface area contributed by atoms with Crippen molar-refractivity contribution in [1.29, 1.82) is 0 Å². The third-order valence-electron chi connectivity index (χ3n) is 2.33. The Balaban J connectivity index is 2.47. The Bertz CT molecular complexity index is 632. The molecule has 1 aromatic heterocycles. The van der Waals surface area contributed by atoms with E-state index in [-0.39, 0.29) is 22.9 Å². The quantitative estimate of drug-likeness (QED) is 0.487. The van der Waals surface area contributed by atoms with Crippen LogP contribution in [0.1, 0.15) is 10.6 Å². The number of carbonyl (C=O) groups is 1. The predicted molar refractivity (Wildman–Crippen MR) is 62.2 cm³/mol. The van der Waals surface area contributed by atoms with E-state index in [0.29, 0.717) is 5.56 Å². The molecule has 0 saturated heterocycles. The first-order chi connectivity index (χ1) is 8.49. The standard InChI is InChI=1S/C11H8N2O5/c12-7-2-1-6(5-8(7)13(16)17)9-3-4-10(18-9)11(14)15/h1-5H,12H2,(H,14,15). The molecule has 92 valence electrons. The number of hydrogen-bond donors (Lipinski definition) is 2. The van der Waals surface area contributed by atoms with Crippen LogP contribution in [-0.2, 0) is 0 Å². The highest BCUT2D eigenvalue weighted by Crippen LogP contribution is 2.29. The van der Waals surface area contributed by atoms with Crippen molar-refractivity contribution in [3.8, 4) is 11.3 Å².